The predicted molar refractivity (Wildman–Crippen MR) is 96.6 cm³/mol. The van der Waals surface area contributed by atoms with E-state index in [1.807, 2.05) is 43.5 Å². The van der Waals surface area contributed by atoms with Crippen molar-refractivity contribution >= 4 is 17.4 Å². The normalized spacial score (nSPS) is 17.8. The van der Waals surface area contributed by atoms with Gasteiger partial charge in [-0.2, -0.15) is 0 Å². The van der Waals surface area contributed by atoms with Crippen LogP contribution in [0.15, 0.2) is 42.6 Å². The number of hydrogen-bond acceptors (Lipinski definition) is 4. The molecule has 1 fully saturated rings. The highest BCUT2D eigenvalue weighted by molar-refractivity contribution is 5.94. The van der Waals surface area contributed by atoms with Crippen molar-refractivity contribution in [2.75, 3.05) is 43.2 Å². The Morgan fingerprint density at radius 2 is 2.00 bits per heavy atom. The number of nitrogens with zero attached hydrogens (tertiary/aromatic N) is 1. The molecule has 0 radical (unpaired) electrons. The zero-order valence-corrected chi connectivity index (χ0v) is 14.8. The number of nitrogens with one attached hydrogen (secondary N) is 3. The van der Waals surface area contributed by atoms with Crippen molar-refractivity contribution in [1.29, 1.82) is 0 Å². The highest BCUT2D eigenvalue weighted by Gasteiger charge is 2.32. The molecule has 1 aromatic carbocycles. The van der Waals surface area contributed by atoms with Crippen LogP contribution in [0.2, 0.25) is 0 Å². The molecule has 0 unspecified atom stereocenters. The maximum atomic E-state index is 12.6. The van der Waals surface area contributed by atoms with E-state index in [1.54, 1.807) is 0 Å². The van der Waals surface area contributed by atoms with Crippen LogP contribution in [0.3, 0.4) is 0 Å². The third-order valence-electron chi connectivity index (χ3n) is 5.08. The third kappa shape index (κ3) is 3.43. The summed E-state index contributed by atoms with van der Waals surface area (Å²) in [6.07, 6.45) is 1.94. The van der Waals surface area contributed by atoms with Crippen molar-refractivity contribution in [2.24, 2.45) is 0 Å². The second-order valence-electron chi connectivity index (χ2n) is 6.67. The quantitative estimate of drug-likeness (QED) is 0.807. The van der Waals surface area contributed by atoms with Gasteiger partial charge in [0, 0.05) is 17.8 Å². The molecule has 0 bridgehead atoms. The summed E-state index contributed by atoms with van der Waals surface area (Å²) >= 11 is 0. The van der Waals surface area contributed by atoms with Gasteiger partial charge in [-0.05, 0) is 25.1 Å². The Bertz CT molecular complexity index is 776. The summed E-state index contributed by atoms with van der Waals surface area (Å²) in [5.74, 6) is 2.55. The minimum absolute atomic E-state index is 0.0265. The van der Waals surface area contributed by atoms with E-state index in [2.05, 4.69) is 21.3 Å². The number of benzene rings is 1. The lowest BCUT2D eigenvalue weighted by atomic mass is 10.2. The number of quaternary nitrogens is 1. The number of amides is 1. The number of aromatic nitrogens is 1. The van der Waals surface area contributed by atoms with E-state index in [-0.39, 0.29) is 18.7 Å². The van der Waals surface area contributed by atoms with Crippen LogP contribution in [-0.2, 0) is 4.79 Å². The Kier molecular flexibility index (Phi) is 4.62. The molecule has 1 saturated heterocycles. The third-order valence-corrected chi connectivity index (χ3v) is 5.08. The van der Waals surface area contributed by atoms with E-state index in [4.69, 9.17) is 9.47 Å². The van der Waals surface area contributed by atoms with Crippen LogP contribution < -0.4 is 29.6 Å². The zero-order chi connectivity index (χ0) is 17.9. The minimum atomic E-state index is -0.109. The van der Waals surface area contributed by atoms with Crippen molar-refractivity contribution in [3.8, 4) is 11.5 Å². The molecule has 0 aliphatic carbocycles. The summed E-state index contributed by atoms with van der Waals surface area (Å²) in [7, 11) is 0. The number of pyridine rings is 1. The highest BCUT2D eigenvalue weighted by Crippen LogP contribution is 2.34. The number of carbonyl (C=O) groups is 1. The molecule has 0 saturated carbocycles. The van der Waals surface area contributed by atoms with E-state index in [0.717, 1.165) is 43.4 Å². The number of ether oxygens (including phenoxy) is 2. The Hall–Kier alpha value is -2.80. The number of H-pyrrole nitrogens is 1. The molecule has 1 amide bonds. The van der Waals surface area contributed by atoms with Gasteiger partial charge < -0.3 is 19.7 Å². The fourth-order valence-electron chi connectivity index (χ4n) is 3.46. The summed E-state index contributed by atoms with van der Waals surface area (Å²) in [4.78, 5) is 19.5. The van der Waals surface area contributed by atoms with Crippen molar-refractivity contribution in [3.05, 3.63) is 42.6 Å². The topological polar surface area (TPSA) is 69.4 Å². The fraction of sp³-hybridized carbons (Fsp3) is 0.368. The molecule has 2 aliphatic rings. The monoisotopic (exact) mass is 356 g/mol. The maximum Gasteiger partial charge on any atom is 0.282 e. The number of carbonyl (C=O) groups excluding carboxylic acids is 1. The van der Waals surface area contributed by atoms with Gasteiger partial charge in [-0.3, -0.25) is 9.69 Å². The Morgan fingerprint density at radius 1 is 1.19 bits per heavy atom. The highest BCUT2D eigenvalue weighted by atomic mass is 16.7. The Labute approximate surface area is 152 Å². The zero-order valence-electron chi connectivity index (χ0n) is 14.8. The fourth-order valence-corrected chi connectivity index (χ4v) is 3.46. The van der Waals surface area contributed by atoms with Gasteiger partial charge in [0.2, 0.25) is 6.79 Å². The lowest BCUT2D eigenvalue weighted by Crippen LogP contribution is -3.19. The number of hydrogen-bond donors (Lipinski definition) is 2. The first-order chi connectivity index (χ1) is 12.7. The number of anilines is 2. The van der Waals surface area contributed by atoms with Gasteiger partial charge in [0.25, 0.3) is 11.7 Å². The first-order valence-electron chi connectivity index (χ1n) is 8.97. The average molecular weight is 356 g/mol. The van der Waals surface area contributed by atoms with Crippen LogP contribution in [0.1, 0.15) is 6.92 Å². The molecule has 3 heterocycles. The molecule has 2 aromatic rings. The molecule has 1 atom stereocenters. The maximum absolute atomic E-state index is 12.6. The van der Waals surface area contributed by atoms with E-state index in [1.165, 1.54) is 4.90 Å². The average Bonchev–Trinajstić information content (AvgIpc) is 3.16. The molecule has 2 aliphatic heterocycles. The number of aromatic amines is 1. The summed E-state index contributed by atoms with van der Waals surface area (Å²) in [5, 5.41) is 3.00. The first-order valence-corrected chi connectivity index (χ1v) is 8.97. The van der Waals surface area contributed by atoms with Crippen LogP contribution in [0.25, 0.3) is 0 Å². The van der Waals surface area contributed by atoms with Crippen molar-refractivity contribution in [2.45, 2.75) is 13.0 Å². The van der Waals surface area contributed by atoms with Crippen LogP contribution >= 0.6 is 0 Å². The van der Waals surface area contributed by atoms with Gasteiger partial charge in [-0.15, -0.1) is 0 Å². The summed E-state index contributed by atoms with van der Waals surface area (Å²) < 4.78 is 10.7. The van der Waals surface area contributed by atoms with Gasteiger partial charge >= 0.3 is 0 Å². The SMILES string of the molecule is C[C@@H](C(=O)Nc1ccc2c(c1)OCO2)[NH+]1CCN(c2cccc[nH+]2)CC1. The molecule has 0 spiro atoms. The van der Waals surface area contributed by atoms with Gasteiger partial charge in [0.15, 0.2) is 17.5 Å². The second kappa shape index (κ2) is 7.21. The standard InChI is InChI=1S/C19H22N4O3/c1-14(19(24)21-15-5-6-16-17(12-15)26-13-25-16)22-8-10-23(11-9-22)18-4-2-3-7-20-18/h2-7,12,14H,8-11,13H2,1H3,(H,21,24)/p+2/t14-/m0/s1. The summed E-state index contributed by atoms with van der Waals surface area (Å²) in [6, 6.07) is 11.5. The smallest absolute Gasteiger partial charge is 0.282 e. The largest absolute Gasteiger partial charge is 0.454 e. The van der Waals surface area contributed by atoms with Crippen molar-refractivity contribution in [3.63, 3.8) is 0 Å². The molecule has 26 heavy (non-hydrogen) atoms. The Balaban J connectivity index is 1.33. The van der Waals surface area contributed by atoms with Gasteiger partial charge in [0.1, 0.15) is 26.2 Å². The van der Waals surface area contributed by atoms with E-state index >= 15 is 0 Å². The lowest BCUT2D eigenvalue weighted by molar-refractivity contribution is -0.914. The number of piperazine rings is 1. The van der Waals surface area contributed by atoms with Gasteiger partial charge in [0.05, 0.1) is 6.20 Å². The number of rotatable bonds is 4. The number of fused-ring (bicyclic) bond motifs is 1. The van der Waals surface area contributed by atoms with Crippen LogP contribution in [0.5, 0.6) is 11.5 Å². The van der Waals surface area contributed by atoms with Gasteiger partial charge in [-0.25, -0.2) is 4.98 Å². The van der Waals surface area contributed by atoms with Crippen molar-refractivity contribution in [1.82, 2.24) is 0 Å². The van der Waals surface area contributed by atoms with Crippen molar-refractivity contribution < 1.29 is 24.2 Å². The Morgan fingerprint density at radius 3 is 2.77 bits per heavy atom. The predicted octanol–water partition coefficient (Wildman–Crippen LogP) is -0.0385. The minimum Gasteiger partial charge on any atom is -0.454 e. The van der Waals surface area contributed by atoms with E-state index < -0.39 is 0 Å². The first kappa shape index (κ1) is 16.7. The molecular formula is C19H24N4O3+2. The summed E-state index contributed by atoms with van der Waals surface area (Å²) in [5.41, 5.74) is 0.739. The summed E-state index contributed by atoms with van der Waals surface area (Å²) in [6.45, 7) is 5.93. The van der Waals surface area contributed by atoms with Gasteiger partial charge in [-0.1, -0.05) is 6.07 Å². The van der Waals surface area contributed by atoms with Crippen LogP contribution in [-0.4, -0.2) is 44.9 Å². The van der Waals surface area contributed by atoms with E-state index in [0.29, 0.717) is 5.75 Å². The molecule has 3 N–H and O–H groups in total. The molecule has 7 nitrogen and oxygen atoms in total. The molecule has 7 heteroatoms. The molecular weight excluding hydrogens is 332 g/mol. The molecule has 4 rings (SSSR count). The lowest BCUT2D eigenvalue weighted by Gasteiger charge is -2.31. The molecule has 1 aromatic heterocycles. The van der Waals surface area contributed by atoms with Crippen LogP contribution in [0.4, 0.5) is 11.5 Å². The second-order valence-corrected chi connectivity index (χ2v) is 6.67. The molecule has 136 valence electrons. The van der Waals surface area contributed by atoms with E-state index in [9.17, 15) is 4.79 Å². The van der Waals surface area contributed by atoms with Crippen LogP contribution in [0, 0.1) is 0 Å².